The standard InChI is InChI=1S/C20H17N3O3/c1-11-10-22-19(24)15-9-17(23-18(11)15)14-6-7-21-16(8-14)12-2-4-13(5-3-12)20(25)26/h2-9,11,23H,10H2,1H3,(H,22,24)(H,25,26). The van der Waals surface area contributed by atoms with Crippen molar-refractivity contribution in [1.29, 1.82) is 0 Å². The minimum Gasteiger partial charge on any atom is -0.478 e. The van der Waals surface area contributed by atoms with E-state index >= 15 is 0 Å². The summed E-state index contributed by atoms with van der Waals surface area (Å²) >= 11 is 0. The number of aromatic carboxylic acids is 1. The summed E-state index contributed by atoms with van der Waals surface area (Å²) in [4.78, 5) is 30.8. The molecule has 0 bridgehead atoms. The molecule has 4 rings (SSSR count). The van der Waals surface area contributed by atoms with E-state index in [2.05, 4.69) is 22.2 Å². The van der Waals surface area contributed by atoms with Gasteiger partial charge in [-0.3, -0.25) is 9.78 Å². The molecular weight excluding hydrogens is 330 g/mol. The molecule has 3 heterocycles. The van der Waals surface area contributed by atoms with Gasteiger partial charge in [0.15, 0.2) is 0 Å². The topological polar surface area (TPSA) is 95.1 Å². The predicted octanol–water partition coefficient (Wildman–Crippen LogP) is 3.29. The largest absolute Gasteiger partial charge is 0.478 e. The summed E-state index contributed by atoms with van der Waals surface area (Å²) in [6, 6.07) is 12.3. The molecule has 6 heteroatoms. The Balaban J connectivity index is 1.71. The van der Waals surface area contributed by atoms with Gasteiger partial charge in [0, 0.05) is 41.2 Å². The third-order valence-electron chi connectivity index (χ3n) is 4.65. The van der Waals surface area contributed by atoms with Gasteiger partial charge in [-0.2, -0.15) is 0 Å². The molecule has 0 saturated carbocycles. The van der Waals surface area contributed by atoms with Crippen LogP contribution in [0.5, 0.6) is 0 Å². The van der Waals surface area contributed by atoms with Gasteiger partial charge < -0.3 is 15.4 Å². The summed E-state index contributed by atoms with van der Waals surface area (Å²) in [5, 5.41) is 11.9. The van der Waals surface area contributed by atoms with Crippen LogP contribution in [0.3, 0.4) is 0 Å². The molecule has 1 aliphatic heterocycles. The van der Waals surface area contributed by atoms with Crippen LogP contribution in [0.15, 0.2) is 48.7 Å². The fraction of sp³-hybridized carbons (Fsp3) is 0.150. The minimum absolute atomic E-state index is 0.0564. The number of benzene rings is 1. The Bertz CT molecular complexity index is 1010. The molecule has 130 valence electrons. The number of nitrogens with one attached hydrogen (secondary N) is 2. The number of H-pyrrole nitrogens is 1. The van der Waals surface area contributed by atoms with Gasteiger partial charge in [-0.15, -0.1) is 0 Å². The van der Waals surface area contributed by atoms with E-state index in [9.17, 15) is 9.59 Å². The maximum atomic E-state index is 12.1. The number of pyridine rings is 1. The molecule has 26 heavy (non-hydrogen) atoms. The lowest BCUT2D eigenvalue weighted by Crippen LogP contribution is -2.33. The molecule has 1 aliphatic rings. The second kappa shape index (κ2) is 6.15. The molecule has 2 aromatic heterocycles. The Hall–Kier alpha value is -3.41. The van der Waals surface area contributed by atoms with E-state index in [0.29, 0.717) is 12.1 Å². The van der Waals surface area contributed by atoms with Crippen molar-refractivity contribution in [3.8, 4) is 22.5 Å². The molecule has 0 fully saturated rings. The highest BCUT2D eigenvalue weighted by Gasteiger charge is 2.25. The molecule has 3 N–H and O–H groups in total. The third-order valence-corrected chi connectivity index (χ3v) is 4.65. The second-order valence-corrected chi connectivity index (χ2v) is 6.43. The molecule has 0 saturated heterocycles. The zero-order valence-corrected chi connectivity index (χ0v) is 14.1. The highest BCUT2D eigenvalue weighted by Crippen LogP contribution is 2.30. The normalized spacial score (nSPS) is 16.0. The Morgan fingerprint density at radius 2 is 1.92 bits per heavy atom. The molecule has 3 aromatic rings. The van der Waals surface area contributed by atoms with Crippen LogP contribution in [0.4, 0.5) is 0 Å². The van der Waals surface area contributed by atoms with Crippen molar-refractivity contribution < 1.29 is 14.7 Å². The number of hydrogen-bond acceptors (Lipinski definition) is 3. The third kappa shape index (κ3) is 2.75. The van der Waals surface area contributed by atoms with Gasteiger partial charge in [0.05, 0.1) is 16.8 Å². The van der Waals surface area contributed by atoms with Crippen molar-refractivity contribution in [2.75, 3.05) is 6.54 Å². The number of carboxylic acids is 1. The SMILES string of the molecule is CC1CNC(=O)c2cc(-c3ccnc(-c4ccc(C(=O)O)cc4)c3)[nH]c21. The van der Waals surface area contributed by atoms with Crippen LogP contribution < -0.4 is 5.32 Å². The fourth-order valence-corrected chi connectivity index (χ4v) is 3.19. The number of carbonyl (C=O) groups is 2. The number of aromatic nitrogens is 2. The van der Waals surface area contributed by atoms with E-state index in [1.807, 2.05) is 18.2 Å². The summed E-state index contributed by atoms with van der Waals surface area (Å²) in [6.07, 6.45) is 1.71. The van der Waals surface area contributed by atoms with Gasteiger partial charge in [0.1, 0.15) is 0 Å². The number of carbonyl (C=O) groups excluding carboxylic acids is 1. The van der Waals surface area contributed by atoms with Crippen molar-refractivity contribution in [2.45, 2.75) is 12.8 Å². The minimum atomic E-state index is -0.956. The fourth-order valence-electron chi connectivity index (χ4n) is 3.19. The first-order valence-corrected chi connectivity index (χ1v) is 8.34. The smallest absolute Gasteiger partial charge is 0.335 e. The molecule has 1 atom stereocenters. The van der Waals surface area contributed by atoms with Gasteiger partial charge in [-0.1, -0.05) is 19.1 Å². The summed E-state index contributed by atoms with van der Waals surface area (Å²) in [5.74, 6) is -0.775. The highest BCUT2D eigenvalue weighted by molar-refractivity contribution is 5.98. The number of carboxylic acid groups (broad SMARTS) is 1. The molecule has 0 spiro atoms. The van der Waals surface area contributed by atoms with Crippen LogP contribution in [0.1, 0.15) is 39.3 Å². The molecule has 0 radical (unpaired) electrons. The molecule has 1 aromatic carbocycles. The monoisotopic (exact) mass is 347 g/mol. The van der Waals surface area contributed by atoms with Gasteiger partial charge in [0.2, 0.25) is 0 Å². The number of rotatable bonds is 3. The number of aromatic amines is 1. The van der Waals surface area contributed by atoms with Crippen LogP contribution in [-0.2, 0) is 0 Å². The first-order valence-electron chi connectivity index (χ1n) is 8.34. The van der Waals surface area contributed by atoms with E-state index in [1.54, 1.807) is 30.5 Å². The van der Waals surface area contributed by atoms with Crippen LogP contribution in [0.25, 0.3) is 22.5 Å². The molecule has 1 amide bonds. The van der Waals surface area contributed by atoms with E-state index in [0.717, 1.165) is 28.2 Å². The Labute approximate surface area is 149 Å². The van der Waals surface area contributed by atoms with Crippen molar-refractivity contribution in [3.05, 3.63) is 65.5 Å². The maximum Gasteiger partial charge on any atom is 0.335 e. The summed E-state index contributed by atoms with van der Waals surface area (Å²) in [7, 11) is 0. The van der Waals surface area contributed by atoms with E-state index in [-0.39, 0.29) is 17.4 Å². The number of hydrogen-bond donors (Lipinski definition) is 3. The lowest BCUT2D eigenvalue weighted by atomic mass is 9.99. The quantitative estimate of drug-likeness (QED) is 0.677. The lowest BCUT2D eigenvalue weighted by molar-refractivity contribution is 0.0696. The number of amides is 1. The predicted molar refractivity (Wildman–Crippen MR) is 97.2 cm³/mol. The Morgan fingerprint density at radius 1 is 1.15 bits per heavy atom. The van der Waals surface area contributed by atoms with Gasteiger partial charge in [-0.25, -0.2) is 4.79 Å². The summed E-state index contributed by atoms with van der Waals surface area (Å²) in [6.45, 7) is 2.70. The van der Waals surface area contributed by atoms with Crippen LogP contribution in [0, 0.1) is 0 Å². The highest BCUT2D eigenvalue weighted by atomic mass is 16.4. The van der Waals surface area contributed by atoms with Crippen molar-refractivity contribution in [3.63, 3.8) is 0 Å². The Kier molecular flexibility index (Phi) is 3.80. The lowest BCUT2D eigenvalue weighted by Gasteiger charge is -2.18. The Morgan fingerprint density at radius 3 is 2.62 bits per heavy atom. The van der Waals surface area contributed by atoms with E-state index in [4.69, 9.17) is 5.11 Å². The second-order valence-electron chi connectivity index (χ2n) is 6.43. The summed E-state index contributed by atoms with van der Waals surface area (Å²) < 4.78 is 0. The van der Waals surface area contributed by atoms with Crippen LogP contribution in [0.2, 0.25) is 0 Å². The van der Waals surface area contributed by atoms with Gasteiger partial charge in [0.25, 0.3) is 5.91 Å². The maximum absolute atomic E-state index is 12.1. The summed E-state index contributed by atoms with van der Waals surface area (Å²) in [5.41, 5.74) is 5.23. The van der Waals surface area contributed by atoms with Crippen LogP contribution >= 0.6 is 0 Å². The zero-order chi connectivity index (χ0) is 18.3. The number of fused-ring (bicyclic) bond motifs is 1. The van der Waals surface area contributed by atoms with E-state index < -0.39 is 5.97 Å². The first-order chi connectivity index (χ1) is 12.5. The molecule has 6 nitrogen and oxygen atoms in total. The van der Waals surface area contributed by atoms with Gasteiger partial charge in [-0.05, 0) is 30.3 Å². The van der Waals surface area contributed by atoms with Gasteiger partial charge >= 0.3 is 5.97 Å². The van der Waals surface area contributed by atoms with Crippen molar-refractivity contribution >= 4 is 11.9 Å². The number of nitrogens with zero attached hydrogens (tertiary/aromatic N) is 1. The van der Waals surface area contributed by atoms with Crippen molar-refractivity contribution in [1.82, 2.24) is 15.3 Å². The molecule has 1 unspecified atom stereocenters. The molecule has 0 aliphatic carbocycles. The first kappa shape index (κ1) is 16.1. The average molecular weight is 347 g/mol. The average Bonchev–Trinajstić information content (AvgIpc) is 3.12. The van der Waals surface area contributed by atoms with Crippen molar-refractivity contribution in [2.24, 2.45) is 0 Å². The van der Waals surface area contributed by atoms with E-state index in [1.165, 1.54) is 0 Å². The zero-order valence-electron chi connectivity index (χ0n) is 14.1. The van der Waals surface area contributed by atoms with Crippen LogP contribution in [-0.4, -0.2) is 33.5 Å². The molecular formula is C20H17N3O3.